The highest BCUT2D eigenvalue weighted by molar-refractivity contribution is 6.47. The third-order valence-corrected chi connectivity index (χ3v) is 10.5. The first-order valence-corrected chi connectivity index (χ1v) is 17.0. The van der Waals surface area contributed by atoms with Gasteiger partial charge in [-0.1, -0.05) is 97.3 Å². The molecule has 14 heteroatoms. The molecule has 0 heterocycles. The van der Waals surface area contributed by atoms with Gasteiger partial charge < -0.3 is 18.9 Å². The number of carbonyl (C=O) groups is 4. The molecule has 4 rings (SSSR count). The Kier molecular flexibility index (Phi) is 12.4. The number of rotatable bonds is 12. The van der Waals surface area contributed by atoms with Crippen molar-refractivity contribution in [2.75, 3.05) is 13.2 Å². The van der Waals surface area contributed by atoms with Crippen molar-refractivity contribution in [2.24, 2.45) is 35.5 Å². The smallest absolute Gasteiger partial charge is 0.423 e. The highest BCUT2D eigenvalue weighted by Gasteiger charge is 2.40. The summed E-state index contributed by atoms with van der Waals surface area (Å²) in [6, 6.07) is 2.26. The van der Waals surface area contributed by atoms with Crippen LogP contribution in [0.5, 0.6) is 11.5 Å². The Bertz CT molecular complexity index is 1430. The largest absolute Gasteiger partial charge is 0.462 e. The molecule has 2 aliphatic rings. The third kappa shape index (κ3) is 8.74. The van der Waals surface area contributed by atoms with E-state index in [1.165, 1.54) is 0 Å². The predicted octanol–water partition coefficient (Wildman–Crippen LogP) is 9.80. The molecule has 0 bridgehead atoms. The Morgan fingerprint density at radius 1 is 0.630 bits per heavy atom. The maximum atomic E-state index is 13.0. The minimum atomic E-state index is -1.64. The van der Waals surface area contributed by atoms with E-state index in [1.54, 1.807) is 0 Å². The van der Waals surface area contributed by atoms with Crippen LogP contribution in [0.2, 0.25) is 30.1 Å². The molecule has 4 unspecified atom stereocenters. The van der Waals surface area contributed by atoms with Gasteiger partial charge in [0.1, 0.15) is 11.1 Å². The Morgan fingerprint density at radius 2 is 0.978 bits per heavy atom. The molecule has 250 valence electrons. The first kappa shape index (κ1) is 36.9. The maximum absolute atomic E-state index is 13.0. The van der Waals surface area contributed by atoms with Crippen molar-refractivity contribution in [2.45, 2.75) is 53.4 Å². The minimum Gasteiger partial charge on any atom is -0.462 e. The average Bonchev–Trinajstić information content (AvgIpc) is 3.90. The fourth-order valence-corrected chi connectivity index (χ4v) is 7.02. The van der Waals surface area contributed by atoms with Crippen molar-refractivity contribution in [1.82, 2.24) is 0 Å². The SMILES string of the molecule is CC(C)C1CC1CCOC(=O)c1c(Cl)c(Cl)cc(Cl)c1OC(=O)C(=O)Oc1c(Cl)cc(Cl)c(Cl)c1C(=O)OCCC1CC1C(C)C. The second-order valence-corrected chi connectivity index (χ2v) is 14.5. The standard InChI is InChI=1S/C32H32Cl6O8/c1-13(2)17-9-15(17)5-7-43-29(39)23-25(37)19(33)11-21(35)27(23)45-31(41)32(42)46-28-22(36)12-20(34)26(38)24(28)30(40)44-8-6-16-10-18(16)14(3)4/h11-18H,5-10H2,1-4H3. The lowest BCUT2D eigenvalue weighted by Gasteiger charge is -2.15. The summed E-state index contributed by atoms with van der Waals surface area (Å²) in [5, 5.41) is -1.46. The van der Waals surface area contributed by atoms with Crippen LogP contribution in [-0.4, -0.2) is 37.1 Å². The molecule has 0 aromatic heterocycles. The number of hydrogen-bond donors (Lipinski definition) is 0. The second-order valence-electron chi connectivity index (χ2n) is 12.2. The van der Waals surface area contributed by atoms with Gasteiger partial charge in [0.25, 0.3) is 0 Å². The van der Waals surface area contributed by atoms with E-state index in [-0.39, 0.29) is 43.3 Å². The molecular weight excluding hydrogens is 725 g/mol. The van der Waals surface area contributed by atoms with Crippen molar-refractivity contribution in [3.8, 4) is 11.5 Å². The lowest BCUT2D eigenvalue weighted by molar-refractivity contribution is -0.156. The van der Waals surface area contributed by atoms with Gasteiger partial charge in [-0.05, 0) is 73.3 Å². The fraction of sp³-hybridized carbons (Fsp3) is 0.500. The molecule has 8 nitrogen and oxygen atoms in total. The van der Waals surface area contributed by atoms with Crippen molar-refractivity contribution in [3.05, 3.63) is 53.4 Å². The van der Waals surface area contributed by atoms with Gasteiger partial charge in [-0.15, -0.1) is 0 Å². The molecule has 0 aliphatic heterocycles. The first-order valence-electron chi connectivity index (χ1n) is 14.7. The fourth-order valence-electron chi connectivity index (χ4n) is 5.58. The van der Waals surface area contributed by atoms with E-state index in [4.69, 9.17) is 88.6 Å². The zero-order chi connectivity index (χ0) is 34.0. The molecular formula is C32H32Cl6O8. The van der Waals surface area contributed by atoms with Crippen molar-refractivity contribution in [3.63, 3.8) is 0 Å². The van der Waals surface area contributed by atoms with Crippen molar-refractivity contribution in [1.29, 1.82) is 0 Å². The normalized spacial score (nSPS) is 20.0. The van der Waals surface area contributed by atoms with Crippen LogP contribution in [0, 0.1) is 35.5 Å². The second kappa shape index (κ2) is 15.5. The van der Waals surface area contributed by atoms with E-state index in [0.717, 1.165) is 25.0 Å². The number of ether oxygens (including phenoxy) is 4. The summed E-state index contributed by atoms with van der Waals surface area (Å²) >= 11 is 37.3. The van der Waals surface area contributed by atoms with Crippen LogP contribution in [-0.2, 0) is 19.1 Å². The van der Waals surface area contributed by atoms with Crippen LogP contribution < -0.4 is 9.47 Å². The van der Waals surface area contributed by atoms with Gasteiger partial charge in [0.2, 0.25) is 0 Å². The van der Waals surface area contributed by atoms with Gasteiger partial charge >= 0.3 is 23.9 Å². The van der Waals surface area contributed by atoms with Crippen molar-refractivity contribution >= 4 is 93.5 Å². The molecule has 2 aromatic rings. The van der Waals surface area contributed by atoms with Crippen LogP contribution in [0.3, 0.4) is 0 Å². The van der Waals surface area contributed by atoms with Crippen LogP contribution >= 0.6 is 69.6 Å². The van der Waals surface area contributed by atoms with Crippen LogP contribution in [0.25, 0.3) is 0 Å². The van der Waals surface area contributed by atoms with Gasteiger partial charge in [-0.3, -0.25) is 0 Å². The summed E-state index contributed by atoms with van der Waals surface area (Å²) in [6.45, 7) is 8.70. The first-order chi connectivity index (χ1) is 21.6. The van der Waals surface area contributed by atoms with E-state index < -0.39 is 46.5 Å². The molecule has 0 radical (unpaired) electrons. The van der Waals surface area contributed by atoms with Gasteiger partial charge in [-0.25, -0.2) is 19.2 Å². The quantitative estimate of drug-likeness (QED) is 0.0913. The molecule has 46 heavy (non-hydrogen) atoms. The Labute approximate surface area is 297 Å². The molecule has 0 amide bonds. The van der Waals surface area contributed by atoms with Crippen LogP contribution in [0.15, 0.2) is 12.1 Å². The van der Waals surface area contributed by atoms with E-state index in [1.807, 2.05) is 0 Å². The van der Waals surface area contributed by atoms with Gasteiger partial charge in [0, 0.05) is 0 Å². The lowest BCUT2D eigenvalue weighted by atomic mass is 10.1. The molecule has 2 aromatic carbocycles. The van der Waals surface area contributed by atoms with Gasteiger partial charge in [0.15, 0.2) is 11.5 Å². The summed E-state index contributed by atoms with van der Waals surface area (Å²) in [7, 11) is 0. The summed E-state index contributed by atoms with van der Waals surface area (Å²) in [5.74, 6) is -3.29. The lowest BCUT2D eigenvalue weighted by Crippen LogP contribution is -2.27. The van der Waals surface area contributed by atoms with E-state index in [9.17, 15) is 19.2 Å². The zero-order valence-corrected chi connectivity index (χ0v) is 29.9. The number of carbonyl (C=O) groups excluding carboxylic acids is 4. The molecule has 2 aliphatic carbocycles. The highest BCUT2D eigenvalue weighted by Crippen LogP contribution is 2.47. The summed E-state index contributed by atoms with van der Waals surface area (Å²) in [5.41, 5.74) is -0.910. The van der Waals surface area contributed by atoms with Crippen LogP contribution in [0.4, 0.5) is 0 Å². The maximum Gasteiger partial charge on any atom is 0.423 e. The Balaban J connectivity index is 1.47. The molecule has 4 atom stereocenters. The van der Waals surface area contributed by atoms with E-state index in [2.05, 4.69) is 27.7 Å². The molecule has 0 saturated heterocycles. The molecule has 0 spiro atoms. The van der Waals surface area contributed by atoms with Crippen LogP contribution in [0.1, 0.15) is 74.1 Å². The van der Waals surface area contributed by atoms with Gasteiger partial charge in [0.05, 0.1) is 43.3 Å². The number of hydrogen-bond acceptors (Lipinski definition) is 8. The molecule has 2 saturated carbocycles. The summed E-state index contributed by atoms with van der Waals surface area (Å²) in [6.07, 6.45) is 3.36. The van der Waals surface area contributed by atoms with Crippen molar-refractivity contribution < 1.29 is 38.1 Å². The Hall–Kier alpha value is -1.94. The van der Waals surface area contributed by atoms with E-state index >= 15 is 0 Å². The topological polar surface area (TPSA) is 105 Å². The third-order valence-electron chi connectivity index (χ3n) is 8.33. The summed E-state index contributed by atoms with van der Waals surface area (Å²) in [4.78, 5) is 51.9. The average molecular weight is 757 g/mol. The zero-order valence-electron chi connectivity index (χ0n) is 25.4. The Morgan fingerprint density at radius 3 is 1.28 bits per heavy atom. The minimum absolute atomic E-state index is 0.0796. The highest BCUT2D eigenvalue weighted by atomic mass is 35.5. The molecule has 2 fully saturated rings. The predicted molar refractivity (Wildman–Crippen MR) is 177 cm³/mol. The number of halogens is 6. The number of esters is 4. The summed E-state index contributed by atoms with van der Waals surface area (Å²) < 4.78 is 21.1. The van der Waals surface area contributed by atoms with E-state index in [0.29, 0.717) is 48.3 Å². The number of benzene rings is 2. The monoisotopic (exact) mass is 754 g/mol. The van der Waals surface area contributed by atoms with Gasteiger partial charge in [-0.2, -0.15) is 0 Å². The molecule has 0 N–H and O–H groups in total.